The summed E-state index contributed by atoms with van der Waals surface area (Å²) in [6.45, 7) is 0. The van der Waals surface area contributed by atoms with Crippen LogP contribution in [0.2, 0.25) is 10.0 Å². The molecule has 2 N–H and O–H groups in total. The first-order valence-corrected chi connectivity index (χ1v) is 10.2. The number of hydrogen-bond donors (Lipinski definition) is 2. The fourth-order valence-corrected chi connectivity index (χ4v) is 3.87. The van der Waals surface area contributed by atoms with Crippen LogP contribution in [-0.4, -0.2) is 29.0 Å². The number of nitrogens with zero attached hydrogens (tertiary/aromatic N) is 2. The molecule has 0 fully saturated rings. The molecule has 11 heteroatoms. The first kappa shape index (κ1) is 22.3. The van der Waals surface area contributed by atoms with Crippen LogP contribution in [0, 0.1) is 0 Å². The van der Waals surface area contributed by atoms with E-state index in [1.807, 2.05) is 0 Å². The Kier molecular flexibility index (Phi) is 5.96. The van der Waals surface area contributed by atoms with Crippen molar-refractivity contribution < 1.29 is 22.7 Å². The first-order valence-electron chi connectivity index (χ1n) is 9.49. The van der Waals surface area contributed by atoms with Crippen molar-refractivity contribution in [3.63, 3.8) is 0 Å². The lowest BCUT2D eigenvalue weighted by Gasteiger charge is -2.33. The Labute approximate surface area is 191 Å². The number of ether oxygens (including phenoxy) is 1. The summed E-state index contributed by atoms with van der Waals surface area (Å²) in [7, 11) is 1.51. The second-order valence-corrected chi connectivity index (χ2v) is 7.96. The minimum atomic E-state index is -4.56. The summed E-state index contributed by atoms with van der Waals surface area (Å²) in [5, 5.41) is 9.86. The van der Waals surface area contributed by atoms with E-state index in [0.29, 0.717) is 11.3 Å². The summed E-state index contributed by atoms with van der Waals surface area (Å²) >= 11 is 12.0. The van der Waals surface area contributed by atoms with Gasteiger partial charge in [0.25, 0.3) is 5.91 Å². The minimum absolute atomic E-state index is 0.0849. The second kappa shape index (κ2) is 8.55. The Bertz CT molecular complexity index is 1150. The van der Waals surface area contributed by atoms with Gasteiger partial charge in [0.05, 0.1) is 28.9 Å². The number of methoxy groups -OCH3 is 1. The quantitative estimate of drug-likeness (QED) is 0.468. The molecule has 0 saturated heterocycles. The molecule has 0 saturated carbocycles. The molecule has 3 aromatic rings. The summed E-state index contributed by atoms with van der Waals surface area (Å²) in [4.78, 5) is 12.7. The standard InChI is InChI=1S/C21H17Cl2F3N4O2/c1-32-12-7-5-11(6-8-12)15-9-17(21(24,25)26)30-18(27-15)10-16(29-30)20(31)28-14-4-2-3-13(22)19(14)23/h2-8,10,15,17,27H,9H2,1H3,(H,28,31)/t15-,17-/m1/s1. The van der Waals surface area contributed by atoms with Gasteiger partial charge in [-0.25, -0.2) is 4.68 Å². The Morgan fingerprint density at radius 1 is 1.22 bits per heavy atom. The van der Waals surface area contributed by atoms with E-state index in [1.165, 1.54) is 19.2 Å². The van der Waals surface area contributed by atoms with Crippen LogP contribution in [0.15, 0.2) is 48.5 Å². The van der Waals surface area contributed by atoms with Crippen LogP contribution in [0.25, 0.3) is 0 Å². The number of amides is 1. The zero-order valence-electron chi connectivity index (χ0n) is 16.6. The minimum Gasteiger partial charge on any atom is -0.497 e. The van der Waals surface area contributed by atoms with Gasteiger partial charge in [-0.1, -0.05) is 41.4 Å². The van der Waals surface area contributed by atoms with Crippen molar-refractivity contribution in [1.82, 2.24) is 9.78 Å². The maximum absolute atomic E-state index is 13.8. The molecule has 0 aliphatic carbocycles. The van der Waals surface area contributed by atoms with Gasteiger partial charge >= 0.3 is 6.18 Å². The predicted molar refractivity (Wildman–Crippen MR) is 116 cm³/mol. The number of aromatic nitrogens is 2. The lowest BCUT2D eigenvalue weighted by molar-refractivity contribution is -0.173. The van der Waals surface area contributed by atoms with E-state index in [-0.39, 0.29) is 33.7 Å². The van der Waals surface area contributed by atoms with Gasteiger partial charge in [-0.15, -0.1) is 0 Å². The largest absolute Gasteiger partial charge is 0.497 e. The molecular weight excluding hydrogens is 468 g/mol. The number of nitrogens with one attached hydrogen (secondary N) is 2. The lowest BCUT2D eigenvalue weighted by atomic mass is 9.97. The predicted octanol–water partition coefficient (Wildman–Crippen LogP) is 6.11. The van der Waals surface area contributed by atoms with Crippen molar-refractivity contribution in [2.45, 2.75) is 24.7 Å². The molecule has 4 rings (SSSR count). The molecule has 1 amide bonds. The molecule has 0 radical (unpaired) electrons. The summed E-state index contributed by atoms with van der Waals surface area (Å²) < 4.78 is 47.4. The van der Waals surface area contributed by atoms with Crippen LogP contribution in [0.4, 0.5) is 24.7 Å². The highest BCUT2D eigenvalue weighted by Gasteiger charge is 2.46. The summed E-state index contributed by atoms with van der Waals surface area (Å²) in [6.07, 6.45) is -4.84. The van der Waals surface area contributed by atoms with Gasteiger partial charge in [0.1, 0.15) is 11.6 Å². The highest BCUT2D eigenvalue weighted by molar-refractivity contribution is 6.44. The third-order valence-electron chi connectivity index (χ3n) is 5.14. The van der Waals surface area contributed by atoms with Gasteiger partial charge < -0.3 is 15.4 Å². The van der Waals surface area contributed by atoms with E-state index >= 15 is 0 Å². The lowest BCUT2D eigenvalue weighted by Crippen LogP contribution is -2.35. The van der Waals surface area contributed by atoms with Gasteiger partial charge in [-0.3, -0.25) is 4.79 Å². The normalized spacial score (nSPS) is 17.9. The Hall–Kier alpha value is -2.91. The fraction of sp³-hybridized carbons (Fsp3) is 0.238. The number of alkyl halides is 3. The maximum Gasteiger partial charge on any atom is 0.410 e. The van der Waals surface area contributed by atoms with E-state index in [4.69, 9.17) is 27.9 Å². The number of rotatable bonds is 4. The van der Waals surface area contributed by atoms with Crippen LogP contribution in [-0.2, 0) is 0 Å². The molecule has 168 valence electrons. The molecule has 6 nitrogen and oxygen atoms in total. The topological polar surface area (TPSA) is 68.2 Å². The summed E-state index contributed by atoms with van der Waals surface area (Å²) in [5.41, 5.74) is 0.698. The zero-order chi connectivity index (χ0) is 23.0. The smallest absolute Gasteiger partial charge is 0.410 e. The molecule has 32 heavy (non-hydrogen) atoms. The van der Waals surface area contributed by atoms with Crippen molar-refractivity contribution in [3.8, 4) is 5.75 Å². The van der Waals surface area contributed by atoms with Crippen LogP contribution < -0.4 is 15.4 Å². The van der Waals surface area contributed by atoms with Crippen molar-refractivity contribution in [2.75, 3.05) is 17.7 Å². The van der Waals surface area contributed by atoms with E-state index in [0.717, 1.165) is 4.68 Å². The average molecular weight is 485 g/mol. The molecule has 0 unspecified atom stereocenters. The third kappa shape index (κ3) is 4.35. The second-order valence-electron chi connectivity index (χ2n) is 7.18. The number of halogens is 5. The number of benzene rings is 2. The van der Waals surface area contributed by atoms with Crippen LogP contribution in [0.1, 0.15) is 34.6 Å². The molecule has 1 aliphatic heterocycles. The Balaban J connectivity index is 1.64. The van der Waals surface area contributed by atoms with Gasteiger partial charge in [-0.2, -0.15) is 18.3 Å². The summed E-state index contributed by atoms with van der Waals surface area (Å²) in [5.74, 6) is -0.0258. The number of hydrogen-bond acceptors (Lipinski definition) is 4. The van der Waals surface area contributed by atoms with Crippen LogP contribution in [0.5, 0.6) is 5.75 Å². The number of carbonyl (C=O) groups excluding carboxylic acids is 1. The molecule has 2 aromatic carbocycles. The van der Waals surface area contributed by atoms with Crippen molar-refractivity contribution >= 4 is 40.6 Å². The zero-order valence-corrected chi connectivity index (χ0v) is 18.1. The monoisotopic (exact) mass is 484 g/mol. The molecule has 1 aromatic heterocycles. The highest BCUT2D eigenvalue weighted by Crippen LogP contribution is 2.44. The molecular formula is C21H17Cl2F3N4O2. The van der Waals surface area contributed by atoms with E-state index in [1.54, 1.807) is 36.4 Å². The summed E-state index contributed by atoms with van der Waals surface area (Å²) in [6, 6.07) is 10.2. The number of carbonyl (C=O) groups is 1. The van der Waals surface area contributed by atoms with Crippen molar-refractivity contribution in [1.29, 1.82) is 0 Å². The van der Waals surface area contributed by atoms with Gasteiger partial charge in [-0.05, 0) is 29.8 Å². The molecule has 2 heterocycles. The number of fused-ring (bicyclic) bond motifs is 1. The van der Waals surface area contributed by atoms with E-state index in [2.05, 4.69) is 15.7 Å². The third-order valence-corrected chi connectivity index (χ3v) is 5.96. The van der Waals surface area contributed by atoms with Gasteiger partial charge in [0.2, 0.25) is 0 Å². The van der Waals surface area contributed by atoms with Crippen molar-refractivity contribution in [2.24, 2.45) is 0 Å². The Morgan fingerprint density at radius 3 is 2.59 bits per heavy atom. The first-order chi connectivity index (χ1) is 15.2. The van der Waals surface area contributed by atoms with E-state index < -0.39 is 24.2 Å². The SMILES string of the molecule is COc1ccc([C@H]2C[C@H](C(F)(F)F)n3nc(C(=O)Nc4cccc(Cl)c4Cl)cc3N2)cc1. The highest BCUT2D eigenvalue weighted by atomic mass is 35.5. The average Bonchev–Trinajstić information content (AvgIpc) is 3.20. The molecule has 0 spiro atoms. The van der Waals surface area contributed by atoms with Crippen LogP contribution >= 0.6 is 23.2 Å². The van der Waals surface area contributed by atoms with E-state index in [9.17, 15) is 18.0 Å². The van der Waals surface area contributed by atoms with Crippen molar-refractivity contribution in [3.05, 3.63) is 69.8 Å². The molecule has 0 bridgehead atoms. The maximum atomic E-state index is 13.8. The van der Waals surface area contributed by atoms with Crippen LogP contribution in [0.3, 0.4) is 0 Å². The van der Waals surface area contributed by atoms with Gasteiger partial charge in [0, 0.05) is 12.5 Å². The molecule has 2 atom stereocenters. The Morgan fingerprint density at radius 2 is 1.94 bits per heavy atom. The molecule has 1 aliphatic rings. The van der Waals surface area contributed by atoms with Gasteiger partial charge in [0.15, 0.2) is 11.7 Å². The fourth-order valence-electron chi connectivity index (χ4n) is 3.53. The number of anilines is 2.